The van der Waals surface area contributed by atoms with Crippen molar-refractivity contribution in [2.24, 2.45) is 5.92 Å². The fourth-order valence-electron chi connectivity index (χ4n) is 4.62. The van der Waals surface area contributed by atoms with Gasteiger partial charge in [-0.3, -0.25) is 0 Å². The molecule has 0 N–H and O–H groups in total. The van der Waals surface area contributed by atoms with E-state index in [9.17, 15) is 13.2 Å². The van der Waals surface area contributed by atoms with Gasteiger partial charge in [-0.15, -0.1) is 13.2 Å². The number of hydrogen-bond donors (Lipinski definition) is 0. The van der Waals surface area contributed by atoms with E-state index in [1.165, 1.54) is 43.7 Å². The summed E-state index contributed by atoms with van der Waals surface area (Å²) in [6.45, 7) is 2.22. The van der Waals surface area contributed by atoms with Crippen LogP contribution in [-0.2, 0) is 0 Å². The van der Waals surface area contributed by atoms with E-state index in [0.717, 1.165) is 49.1 Å². The molecule has 2 aliphatic rings. The smallest absolute Gasteiger partial charge is 0.406 e. The third-order valence-electron chi connectivity index (χ3n) is 5.88. The van der Waals surface area contributed by atoms with E-state index in [-0.39, 0.29) is 5.75 Å². The van der Waals surface area contributed by atoms with Crippen molar-refractivity contribution in [2.75, 3.05) is 0 Å². The molecule has 1 aromatic rings. The predicted octanol–water partition coefficient (Wildman–Crippen LogP) is 7.62. The highest BCUT2D eigenvalue weighted by atomic mass is 19.4. The zero-order valence-electron chi connectivity index (χ0n) is 15.6. The molecule has 0 unspecified atom stereocenters. The Labute approximate surface area is 154 Å². The highest BCUT2D eigenvalue weighted by Crippen LogP contribution is 2.43. The molecule has 0 heterocycles. The predicted molar refractivity (Wildman–Crippen MR) is 99.2 cm³/mol. The fraction of sp³-hybridized carbons (Fsp3) is 0.636. The van der Waals surface area contributed by atoms with Crippen LogP contribution in [0.3, 0.4) is 0 Å². The van der Waals surface area contributed by atoms with Gasteiger partial charge in [0.15, 0.2) is 0 Å². The molecule has 0 aliphatic heterocycles. The van der Waals surface area contributed by atoms with E-state index < -0.39 is 6.36 Å². The van der Waals surface area contributed by atoms with E-state index in [1.807, 2.05) is 6.07 Å². The molecule has 3 rings (SSSR count). The van der Waals surface area contributed by atoms with Crippen molar-refractivity contribution in [3.63, 3.8) is 0 Å². The highest BCUT2D eigenvalue weighted by molar-refractivity contribution is 5.70. The first-order valence-corrected chi connectivity index (χ1v) is 10.1. The largest absolute Gasteiger partial charge is 0.573 e. The van der Waals surface area contributed by atoms with Gasteiger partial charge in [0.05, 0.1) is 0 Å². The van der Waals surface area contributed by atoms with Crippen LogP contribution in [-0.4, -0.2) is 6.36 Å². The number of allylic oxidation sites excluding steroid dienone is 2. The first-order valence-electron chi connectivity index (χ1n) is 10.1. The van der Waals surface area contributed by atoms with E-state index in [2.05, 4.69) is 17.7 Å². The van der Waals surface area contributed by atoms with Gasteiger partial charge in [0.1, 0.15) is 5.75 Å². The summed E-state index contributed by atoms with van der Waals surface area (Å²) in [5, 5.41) is 0. The van der Waals surface area contributed by atoms with Crippen molar-refractivity contribution in [3.05, 3.63) is 35.4 Å². The first kappa shape index (κ1) is 19.3. The summed E-state index contributed by atoms with van der Waals surface area (Å²) in [6.07, 6.45) is 9.08. The van der Waals surface area contributed by atoms with Gasteiger partial charge in [0, 0.05) is 0 Å². The number of ether oxygens (including phenoxy) is 1. The molecule has 26 heavy (non-hydrogen) atoms. The minimum Gasteiger partial charge on any atom is -0.406 e. The lowest BCUT2D eigenvalue weighted by molar-refractivity contribution is -0.274. The number of alkyl halides is 3. The third-order valence-corrected chi connectivity index (χ3v) is 5.88. The van der Waals surface area contributed by atoms with Crippen LogP contribution < -0.4 is 4.74 Å². The zero-order chi connectivity index (χ0) is 18.6. The lowest BCUT2D eigenvalue weighted by atomic mass is 9.75. The number of halogens is 3. The molecule has 0 spiro atoms. The average molecular weight is 366 g/mol. The second-order valence-corrected chi connectivity index (χ2v) is 7.78. The van der Waals surface area contributed by atoms with Crippen molar-refractivity contribution in [1.29, 1.82) is 0 Å². The van der Waals surface area contributed by atoms with Crippen LogP contribution in [0.15, 0.2) is 24.3 Å². The minimum atomic E-state index is -4.64. The first-order chi connectivity index (χ1) is 12.5. The van der Waals surface area contributed by atoms with Crippen LogP contribution in [0.2, 0.25) is 0 Å². The van der Waals surface area contributed by atoms with Crippen molar-refractivity contribution < 1.29 is 17.9 Å². The van der Waals surface area contributed by atoms with Crippen LogP contribution >= 0.6 is 0 Å². The minimum absolute atomic E-state index is 0.0802. The number of benzene rings is 1. The molecule has 0 atom stereocenters. The molecule has 0 bridgehead atoms. The Kier molecular flexibility index (Phi) is 6.31. The highest BCUT2D eigenvalue weighted by Gasteiger charge is 2.32. The Balaban J connectivity index is 1.86. The molecule has 144 valence electrons. The van der Waals surface area contributed by atoms with Gasteiger partial charge in [-0.05, 0) is 92.0 Å². The van der Waals surface area contributed by atoms with Crippen molar-refractivity contribution >= 4 is 5.57 Å². The van der Waals surface area contributed by atoms with Crippen LogP contribution in [0.1, 0.15) is 88.2 Å². The van der Waals surface area contributed by atoms with Gasteiger partial charge >= 0.3 is 6.36 Å². The summed E-state index contributed by atoms with van der Waals surface area (Å²) in [4.78, 5) is 0. The normalized spacial score (nSPS) is 24.2. The lowest BCUT2D eigenvalue weighted by Gasteiger charge is -2.31. The molecular formula is C22H29F3O. The van der Waals surface area contributed by atoms with Crippen molar-refractivity contribution in [1.82, 2.24) is 0 Å². The molecule has 0 aromatic heterocycles. The Morgan fingerprint density at radius 3 is 2.46 bits per heavy atom. The molecule has 0 amide bonds. The maximum atomic E-state index is 12.7. The molecular weight excluding hydrogens is 337 g/mol. The Bertz CT molecular complexity index is 625. The standard InChI is InChI=1S/C22H29F3O/c1-2-6-16-9-11-18(12-10-16)21-15-19(26-22(23,24)25)13-14-20(21)17-7-4-3-5-8-17/h7,13-16,18H,2-6,8-12H2,1H3/t16-,18-. The van der Waals surface area contributed by atoms with E-state index in [4.69, 9.17) is 0 Å². The van der Waals surface area contributed by atoms with E-state index >= 15 is 0 Å². The van der Waals surface area contributed by atoms with Gasteiger partial charge in [-0.2, -0.15) is 0 Å². The number of rotatable bonds is 5. The molecule has 4 heteroatoms. The lowest BCUT2D eigenvalue weighted by Crippen LogP contribution is -2.18. The maximum Gasteiger partial charge on any atom is 0.573 e. The van der Waals surface area contributed by atoms with Gasteiger partial charge in [-0.25, -0.2) is 0 Å². The van der Waals surface area contributed by atoms with Gasteiger partial charge in [0.2, 0.25) is 0 Å². The van der Waals surface area contributed by atoms with Crippen LogP contribution in [0.5, 0.6) is 5.75 Å². The maximum absolute atomic E-state index is 12.7. The third kappa shape index (κ3) is 5.05. The summed E-state index contributed by atoms with van der Waals surface area (Å²) in [5.41, 5.74) is 3.52. The zero-order valence-corrected chi connectivity index (χ0v) is 15.6. The molecule has 2 aliphatic carbocycles. The SMILES string of the molecule is CCC[C@H]1CC[C@H](c2cc(OC(F)(F)F)ccc2C2=CCCCC2)CC1. The Hall–Kier alpha value is -1.45. The molecule has 1 fully saturated rings. The Morgan fingerprint density at radius 1 is 1.08 bits per heavy atom. The molecule has 1 nitrogen and oxygen atoms in total. The van der Waals surface area contributed by atoms with Crippen LogP contribution in [0, 0.1) is 5.92 Å². The van der Waals surface area contributed by atoms with Crippen molar-refractivity contribution in [3.8, 4) is 5.75 Å². The molecule has 1 aromatic carbocycles. The summed E-state index contributed by atoms with van der Waals surface area (Å²) < 4.78 is 42.2. The molecule has 0 saturated heterocycles. The topological polar surface area (TPSA) is 9.23 Å². The summed E-state index contributed by atoms with van der Waals surface area (Å²) in [5.74, 6) is 1.05. The van der Waals surface area contributed by atoms with E-state index in [1.54, 1.807) is 6.07 Å². The molecule has 1 saturated carbocycles. The van der Waals surface area contributed by atoms with Crippen LogP contribution in [0.25, 0.3) is 5.57 Å². The summed E-state index contributed by atoms with van der Waals surface area (Å²) in [6, 6.07) is 4.99. The number of hydrogen-bond acceptors (Lipinski definition) is 1. The van der Waals surface area contributed by atoms with E-state index in [0.29, 0.717) is 5.92 Å². The van der Waals surface area contributed by atoms with Gasteiger partial charge in [-0.1, -0.05) is 31.9 Å². The average Bonchev–Trinajstić information content (AvgIpc) is 2.62. The summed E-state index contributed by atoms with van der Waals surface area (Å²) in [7, 11) is 0. The van der Waals surface area contributed by atoms with Crippen LogP contribution in [0.4, 0.5) is 13.2 Å². The fourth-order valence-corrected chi connectivity index (χ4v) is 4.62. The monoisotopic (exact) mass is 366 g/mol. The Morgan fingerprint density at radius 2 is 1.85 bits per heavy atom. The second kappa shape index (κ2) is 8.49. The molecule has 0 radical (unpaired) electrons. The van der Waals surface area contributed by atoms with Gasteiger partial charge in [0.25, 0.3) is 0 Å². The van der Waals surface area contributed by atoms with Gasteiger partial charge < -0.3 is 4.74 Å². The second-order valence-electron chi connectivity index (χ2n) is 7.78. The quantitative estimate of drug-likeness (QED) is 0.521. The van der Waals surface area contributed by atoms with Crippen molar-refractivity contribution in [2.45, 2.75) is 83.4 Å². The summed E-state index contributed by atoms with van der Waals surface area (Å²) >= 11 is 0.